The van der Waals surface area contributed by atoms with Gasteiger partial charge in [-0.15, -0.1) is 0 Å². The van der Waals surface area contributed by atoms with Crippen LogP contribution in [0.5, 0.6) is 0 Å². The van der Waals surface area contributed by atoms with Gasteiger partial charge in [0.2, 0.25) is 0 Å². The average Bonchev–Trinajstić information content (AvgIpc) is 4.00. The smallest absolute Gasteiger partial charge is 0.0726 e. The van der Waals surface area contributed by atoms with Gasteiger partial charge in [0.15, 0.2) is 0 Å². The highest BCUT2D eigenvalue weighted by Crippen LogP contribution is 2.64. The molecule has 1 atom stereocenters. The highest BCUT2D eigenvalue weighted by Gasteiger charge is 2.52. The third-order valence-corrected chi connectivity index (χ3v) is 15.9. The van der Waals surface area contributed by atoms with Crippen LogP contribution >= 0.6 is 0 Å². The number of hydrogen-bond donors (Lipinski definition) is 0. The number of anilines is 6. The molecule has 3 aliphatic rings. The number of nitrogens with zero attached hydrogens (tertiary/aromatic N) is 2. The second-order valence-electron chi connectivity index (χ2n) is 20.0. The Kier molecular flexibility index (Phi) is 9.50. The molecular weight excluding hydrogens is 869 g/mol. The Morgan fingerprint density at radius 2 is 0.556 bits per heavy atom. The average molecular weight is 919 g/mol. The number of rotatable bonds is 8. The summed E-state index contributed by atoms with van der Waals surface area (Å²) in [6.45, 7) is 4.73. The molecule has 11 aromatic carbocycles. The lowest BCUT2D eigenvalue weighted by Gasteiger charge is -2.33. The fourth-order valence-corrected chi connectivity index (χ4v) is 12.6. The van der Waals surface area contributed by atoms with E-state index in [2.05, 4.69) is 291 Å². The molecule has 1 spiro atoms. The third kappa shape index (κ3) is 6.28. The highest BCUT2D eigenvalue weighted by molar-refractivity contribution is 5.98. The van der Waals surface area contributed by atoms with Crippen LogP contribution in [-0.4, -0.2) is 0 Å². The summed E-state index contributed by atoms with van der Waals surface area (Å²) in [6, 6.07) is 99.0. The fourth-order valence-electron chi connectivity index (χ4n) is 12.6. The maximum Gasteiger partial charge on any atom is 0.0726 e. The van der Waals surface area contributed by atoms with Crippen molar-refractivity contribution in [2.75, 3.05) is 9.80 Å². The van der Waals surface area contributed by atoms with Crippen LogP contribution in [0.25, 0.3) is 55.6 Å². The Morgan fingerprint density at radius 1 is 0.222 bits per heavy atom. The van der Waals surface area contributed by atoms with Gasteiger partial charge in [0.1, 0.15) is 0 Å². The molecule has 72 heavy (non-hydrogen) atoms. The molecule has 3 aliphatic carbocycles. The maximum atomic E-state index is 2.49. The summed E-state index contributed by atoms with van der Waals surface area (Å²) in [4.78, 5) is 4.88. The van der Waals surface area contributed by atoms with E-state index in [1.54, 1.807) is 0 Å². The standard InChI is InChI=1S/C70H50N2/c1-69(2)63-27-15-12-24-57(63)60-41-38-55(45-67(60)69)72(51-22-10-5-11-23-51)54-40-43-66-62(44-54)59-26-14-17-29-65(59)70(66)64-28-16-13-25-58(64)61-42-39-56(46-68(61)70)71(52-34-30-49(31-35-52)47-18-6-3-7-19-47)53-36-32-50(33-37-53)48-20-8-4-9-21-48/h3-46H,1-2H3. The van der Waals surface area contributed by atoms with E-state index >= 15 is 0 Å². The van der Waals surface area contributed by atoms with E-state index in [0.29, 0.717) is 0 Å². The van der Waals surface area contributed by atoms with Crippen molar-refractivity contribution >= 4 is 34.1 Å². The van der Waals surface area contributed by atoms with E-state index in [4.69, 9.17) is 0 Å². The molecule has 0 N–H and O–H groups in total. The lowest BCUT2D eigenvalue weighted by molar-refractivity contribution is 0.660. The number of benzene rings is 11. The summed E-state index contributed by atoms with van der Waals surface area (Å²) < 4.78 is 0. The van der Waals surface area contributed by atoms with Crippen LogP contribution in [0.3, 0.4) is 0 Å². The predicted molar refractivity (Wildman–Crippen MR) is 301 cm³/mol. The van der Waals surface area contributed by atoms with Gasteiger partial charge in [-0.3, -0.25) is 0 Å². The number of hydrogen-bond acceptors (Lipinski definition) is 2. The largest absolute Gasteiger partial charge is 0.310 e. The summed E-state index contributed by atoms with van der Waals surface area (Å²) >= 11 is 0. The first-order chi connectivity index (χ1) is 35.5. The Balaban J connectivity index is 0.945. The molecule has 0 heterocycles. The van der Waals surface area contributed by atoms with Gasteiger partial charge in [-0.25, -0.2) is 0 Å². The third-order valence-electron chi connectivity index (χ3n) is 15.9. The lowest BCUT2D eigenvalue weighted by Crippen LogP contribution is -2.26. The molecule has 0 saturated heterocycles. The first kappa shape index (κ1) is 41.9. The molecule has 0 bridgehead atoms. The van der Waals surface area contributed by atoms with Gasteiger partial charge in [-0.1, -0.05) is 208 Å². The van der Waals surface area contributed by atoms with Gasteiger partial charge in [-0.2, -0.15) is 0 Å². The molecule has 0 radical (unpaired) electrons. The zero-order chi connectivity index (χ0) is 48.0. The molecule has 1 unspecified atom stereocenters. The van der Waals surface area contributed by atoms with E-state index < -0.39 is 5.41 Å². The van der Waals surface area contributed by atoms with Gasteiger partial charge in [0, 0.05) is 39.5 Å². The van der Waals surface area contributed by atoms with Crippen molar-refractivity contribution in [2.45, 2.75) is 24.7 Å². The molecule has 2 nitrogen and oxygen atoms in total. The van der Waals surface area contributed by atoms with E-state index in [9.17, 15) is 0 Å². The van der Waals surface area contributed by atoms with Crippen LogP contribution in [0.15, 0.2) is 267 Å². The topological polar surface area (TPSA) is 6.48 Å². The van der Waals surface area contributed by atoms with Crippen molar-refractivity contribution in [1.29, 1.82) is 0 Å². The molecule has 0 amide bonds. The minimum Gasteiger partial charge on any atom is -0.310 e. The zero-order valence-corrected chi connectivity index (χ0v) is 40.3. The van der Waals surface area contributed by atoms with Crippen LogP contribution in [0.4, 0.5) is 34.1 Å². The SMILES string of the molecule is CC1(C)c2ccccc2-c2ccc(N(c3ccccc3)c3ccc4c(c3)-c3ccccc3C43c4ccccc4-c4ccc(N(c5ccc(-c6ccccc6)cc5)c5ccc(-c6ccccc6)cc5)cc43)cc21. The van der Waals surface area contributed by atoms with Crippen LogP contribution in [0.2, 0.25) is 0 Å². The second kappa shape index (κ2) is 16.3. The molecule has 0 fully saturated rings. The summed E-state index contributed by atoms with van der Waals surface area (Å²) in [5.41, 5.74) is 26.6. The molecule has 14 rings (SSSR count). The van der Waals surface area contributed by atoms with Gasteiger partial charge < -0.3 is 9.80 Å². The molecule has 0 aromatic heterocycles. The van der Waals surface area contributed by atoms with Crippen molar-refractivity contribution in [3.05, 3.63) is 300 Å². The molecule has 11 aromatic rings. The summed E-state index contributed by atoms with van der Waals surface area (Å²) in [5, 5.41) is 0. The Morgan fingerprint density at radius 3 is 1.11 bits per heavy atom. The zero-order valence-electron chi connectivity index (χ0n) is 40.3. The first-order valence-corrected chi connectivity index (χ1v) is 25.2. The predicted octanol–water partition coefficient (Wildman–Crippen LogP) is 18.6. The lowest BCUT2D eigenvalue weighted by atomic mass is 9.70. The molecule has 2 heteroatoms. The van der Waals surface area contributed by atoms with Gasteiger partial charge in [-0.05, 0) is 162 Å². The van der Waals surface area contributed by atoms with Crippen molar-refractivity contribution in [2.24, 2.45) is 0 Å². The summed E-state index contributed by atoms with van der Waals surface area (Å²) in [6.07, 6.45) is 0. The van der Waals surface area contributed by atoms with Crippen LogP contribution in [0, 0.1) is 0 Å². The van der Waals surface area contributed by atoms with Gasteiger partial charge in [0.05, 0.1) is 5.41 Å². The minimum absolute atomic E-state index is 0.123. The van der Waals surface area contributed by atoms with Crippen molar-refractivity contribution in [3.63, 3.8) is 0 Å². The van der Waals surface area contributed by atoms with E-state index in [1.165, 1.54) is 89.0 Å². The highest BCUT2D eigenvalue weighted by atomic mass is 15.1. The van der Waals surface area contributed by atoms with Gasteiger partial charge in [0.25, 0.3) is 0 Å². The maximum absolute atomic E-state index is 2.49. The quantitative estimate of drug-likeness (QED) is 0.150. The van der Waals surface area contributed by atoms with E-state index in [0.717, 1.165) is 34.1 Å². The Hall–Kier alpha value is -8.98. The molecular formula is C70H50N2. The first-order valence-electron chi connectivity index (χ1n) is 25.2. The molecule has 0 saturated carbocycles. The number of fused-ring (bicyclic) bond motifs is 13. The van der Waals surface area contributed by atoms with Crippen molar-refractivity contribution < 1.29 is 0 Å². The van der Waals surface area contributed by atoms with Crippen molar-refractivity contribution in [3.8, 4) is 55.6 Å². The monoisotopic (exact) mass is 918 g/mol. The van der Waals surface area contributed by atoms with Crippen LogP contribution < -0.4 is 9.80 Å². The second-order valence-corrected chi connectivity index (χ2v) is 20.0. The van der Waals surface area contributed by atoms with E-state index in [1.807, 2.05) is 0 Å². The molecule has 0 aliphatic heterocycles. The van der Waals surface area contributed by atoms with Crippen molar-refractivity contribution in [1.82, 2.24) is 0 Å². The minimum atomic E-state index is -0.548. The van der Waals surface area contributed by atoms with Crippen LogP contribution in [0.1, 0.15) is 47.2 Å². The Bertz CT molecular complexity index is 3790. The van der Waals surface area contributed by atoms with E-state index in [-0.39, 0.29) is 5.41 Å². The summed E-state index contributed by atoms with van der Waals surface area (Å²) in [7, 11) is 0. The number of para-hydroxylation sites is 1. The van der Waals surface area contributed by atoms with Crippen LogP contribution in [-0.2, 0) is 10.8 Å². The summed E-state index contributed by atoms with van der Waals surface area (Å²) in [5.74, 6) is 0. The molecule has 340 valence electrons. The Labute approximate surface area is 422 Å². The van der Waals surface area contributed by atoms with Gasteiger partial charge >= 0.3 is 0 Å². The normalized spacial score (nSPS) is 15.0. The fraction of sp³-hybridized carbons (Fsp3) is 0.0571.